The Morgan fingerprint density at radius 3 is 1.67 bits per heavy atom. The molecular formula is C16H25NaO3S. The van der Waals surface area contributed by atoms with E-state index in [0.29, 0.717) is 11.8 Å². The molecule has 0 aliphatic carbocycles. The van der Waals surface area contributed by atoms with E-state index in [0.717, 1.165) is 18.4 Å². The fourth-order valence-electron chi connectivity index (χ4n) is 3.15. The maximum absolute atomic E-state index is 11.0. The van der Waals surface area contributed by atoms with Gasteiger partial charge in [-0.2, -0.15) is 0 Å². The Morgan fingerprint density at radius 1 is 1.00 bits per heavy atom. The molecular weight excluding hydrogens is 295 g/mol. The van der Waals surface area contributed by atoms with Crippen LogP contribution in [0.3, 0.4) is 0 Å². The Bertz CT molecular complexity index is 523. The molecule has 3 nitrogen and oxygen atoms in total. The van der Waals surface area contributed by atoms with Crippen LogP contribution < -0.4 is 29.6 Å². The number of hydrogen-bond acceptors (Lipinski definition) is 3. The van der Waals surface area contributed by atoms with Crippen LogP contribution in [0.4, 0.5) is 0 Å². The quantitative estimate of drug-likeness (QED) is 0.579. The monoisotopic (exact) mass is 320 g/mol. The van der Waals surface area contributed by atoms with Crippen molar-refractivity contribution in [2.45, 2.75) is 57.8 Å². The van der Waals surface area contributed by atoms with Crippen LogP contribution in [0.15, 0.2) is 29.2 Å². The normalized spacial score (nSPS) is 12.6. The van der Waals surface area contributed by atoms with Crippen molar-refractivity contribution in [2.75, 3.05) is 0 Å². The van der Waals surface area contributed by atoms with Gasteiger partial charge >= 0.3 is 29.6 Å². The summed E-state index contributed by atoms with van der Waals surface area (Å²) in [4.78, 5) is -0.155. The van der Waals surface area contributed by atoms with Crippen molar-refractivity contribution in [3.8, 4) is 0 Å². The molecule has 1 aromatic carbocycles. The van der Waals surface area contributed by atoms with E-state index in [2.05, 4.69) is 34.6 Å². The second kappa shape index (κ2) is 8.11. The fraction of sp³-hybridized carbons (Fsp3) is 0.625. The van der Waals surface area contributed by atoms with Crippen LogP contribution in [-0.2, 0) is 15.5 Å². The van der Waals surface area contributed by atoms with E-state index in [4.69, 9.17) is 0 Å². The van der Waals surface area contributed by atoms with Crippen molar-refractivity contribution >= 4 is 10.1 Å². The molecule has 5 heteroatoms. The van der Waals surface area contributed by atoms with Crippen molar-refractivity contribution in [3.63, 3.8) is 0 Å². The first-order chi connectivity index (χ1) is 9.04. The van der Waals surface area contributed by atoms with Gasteiger partial charge in [0.15, 0.2) is 0 Å². The van der Waals surface area contributed by atoms with Gasteiger partial charge in [0.1, 0.15) is 10.1 Å². The van der Waals surface area contributed by atoms with Crippen molar-refractivity contribution in [1.29, 1.82) is 0 Å². The van der Waals surface area contributed by atoms with Gasteiger partial charge < -0.3 is 4.55 Å². The molecule has 0 atom stereocenters. The van der Waals surface area contributed by atoms with Crippen molar-refractivity contribution < 1.29 is 42.5 Å². The molecule has 0 heterocycles. The average molecular weight is 320 g/mol. The van der Waals surface area contributed by atoms with Gasteiger partial charge in [-0.05, 0) is 47.8 Å². The zero-order valence-electron chi connectivity index (χ0n) is 14.0. The van der Waals surface area contributed by atoms with Gasteiger partial charge in [-0.15, -0.1) is 0 Å². The Morgan fingerprint density at radius 2 is 1.38 bits per heavy atom. The third-order valence-corrected chi connectivity index (χ3v) is 4.41. The van der Waals surface area contributed by atoms with E-state index in [-0.39, 0.29) is 39.9 Å². The first kappa shape index (κ1) is 21.1. The first-order valence-electron chi connectivity index (χ1n) is 7.11. The molecule has 0 spiro atoms. The zero-order valence-corrected chi connectivity index (χ0v) is 16.8. The van der Waals surface area contributed by atoms with Gasteiger partial charge in [-0.25, -0.2) is 8.42 Å². The summed E-state index contributed by atoms with van der Waals surface area (Å²) in [5.74, 6) is 1.11. The summed E-state index contributed by atoms with van der Waals surface area (Å²) in [5.41, 5.74) is 1.11. The summed E-state index contributed by atoms with van der Waals surface area (Å²) in [6, 6.07) is 6.43. The molecule has 1 rings (SSSR count). The maximum Gasteiger partial charge on any atom is 1.00 e. The van der Waals surface area contributed by atoms with Crippen LogP contribution >= 0.6 is 0 Å². The third-order valence-electron chi connectivity index (χ3n) is 3.56. The molecule has 0 radical (unpaired) electrons. The summed E-state index contributed by atoms with van der Waals surface area (Å²) in [5, 5.41) is 0. The van der Waals surface area contributed by atoms with Crippen molar-refractivity contribution in [1.82, 2.24) is 0 Å². The molecule has 0 bridgehead atoms. The third kappa shape index (κ3) is 6.41. The van der Waals surface area contributed by atoms with Crippen LogP contribution in [-0.4, -0.2) is 13.0 Å². The predicted octanol–water partition coefficient (Wildman–Crippen LogP) is 0.945. The van der Waals surface area contributed by atoms with Crippen LogP contribution in [0.25, 0.3) is 0 Å². The predicted molar refractivity (Wildman–Crippen MR) is 80.7 cm³/mol. The molecule has 21 heavy (non-hydrogen) atoms. The van der Waals surface area contributed by atoms with Crippen LogP contribution in [0.1, 0.15) is 53.0 Å². The molecule has 0 N–H and O–H groups in total. The minimum absolute atomic E-state index is 0. The summed E-state index contributed by atoms with van der Waals surface area (Å²) in [7, 11) is -4.36. The number of rotatable bonds is 6. The van der Waals surface area contributed by atoms with E-state index in [1.54, 1.807) is 12.1 Å². The van der Waals surface area contributed by atoms with Gasteiger partial charge in [0.2, 0.25) is 0 Å². The summed E-state index contributed by atoms with van der Waals surface area (Å²) in [6.45, 7) is 11.0. The zero-order chi connectivity index (χ0) is 15.6. The minimum Gasteiger partial charge on any atom is -0.744 e. The van der Waals surface area contributed by atoms with Gasteiger partial charge in [0, 0.05) is 0 Å². The van der Waals surface area contributed by atoms with Crippen LogP contribution in [0.2, 0.25) is 0 Å². The molecule has 0 saturated heterocycles. The van der Waals surface area contributed by atoms with Crippen molar-refractivity contribution in [2.24, 2.45) is 11.8 Å². The minimum atomic E-state index is -4.36. The molecule has 0 aromatic heterocycles. The standard InChI is InChI=1S/C16H26O3S.Na/c1-12(2)10-16(5,11-13(3)4)14-6-8-15(9-7-14)20(17,18)19;/h6-9,12-13H,10-11H2,1-5H3,(H,17,18,19);/q;+1/p-1. The molecule has 0 unspecified atom stereocenters. The van der Waals surface area contributed by atoms with E-state index >= 15 is 0 Å². The molecule has 0 amide bonds. The molecule has 0 aliphatic rings. The maximum atomic E-state index is 11.0. The largest absolute Gasteiger partial charge is 1.00 e. The smallest absolute Gasteiger partial charge is 0.744 e. The summed E-state index contributed by atoms with van der Waals surface area (Å²) < 4.78 is 33.0. The Kier molecular flexibility index (Phi) is 8.16. The molecule has 1 aromatic rings. The summed E-state index contributed by atoms with van der Waals surface area (Å²) in [6.07, 6.45) is 2.07. The average Bonchev–Trinajstić information content (AvgIpc) is 2.25. The molecule has 0 aliphatic heterocycles. The molecule has 0 fully saturated rings. The first-order valence-corrected chi connectivity index (χ1v) is 8.52. The Labute approximate surface area is 151 Å². The van der Waals surface area contributed by atoms with Crippen LogP contribution in [0.5, 0.6) is 0 Å². The SMILES string of the molecule is CC(C)CC(C)(CC(C)C)c1ccc(S(=O)(=O)[O-])cc1.[Na+]. The van der Waals surface area contributed by atoms with Gasteiger partial charge in [-0.3, -0.25) is 0 Å². The van der Waals surface area contributed by atoms with E-state index < -0.39 is 10.1 Å². The van der Waals surface area contributed by atoms with Gasteiger partial charge in [0.05, 0.1) is 4.90 Å². The van der Waals surface area contributed by atoms with E-state index in [1.165, 1.54) is 12.1 Å². The van der Waals surface area contributed by atoms with Crippen LogP contribution in [0, 0.1) is 11.8 Å². The van der Waals surface area contributed by atoms with Crippen molar-refractivity contribution in [3.05, 3.63) is 29.8 Å². The second-order valence-electron chi connectivity index (χ2n) is 6.74. The fourth-order valence-corrected chi connectivity index (χ4v) is 3.61. The van der Waals surface area contributed by atoms with Gasteiger partial charge in [-0.1, -0.05) is 46.8 Å². The molecule has 114 valence electrons. The number of benzene rings is 1. The van der Waals surface area contributed by atoms with Gasteiger partial charge in [0.25, 0.3) is 0 Å². The Hall–Kier alpha value is 0.130. The topological polar surface area (TPSA) is 57.2 Å². The molecule has 0 saturated carbocycles. The number of hydrogen-bond donors (Lipinski definition) is 0. The summed E-state index contributed by atoms with van der Waals surface area (Å²) >= 11 is 0. The Balaban J connectivity index is 0.00000400. The van der Waals surface area contributed by atoms with E-state index in [1.807, 2.05) is 0 Å². The van der Waals surface area contributed by atoms with E-state index in [9.17, 15) is 13.0 Å². The second-order valence-corrected chi connectivity index (χ2v) is 8.11.